The van der Waals surface area contributed by atoms with Crippen LogP contribution in [0.3, 0.4) is 0 Å². The van der Waals surface area contributed by atoms with Crippen LogP contribution in [0.5, 0.6) is 0 Å². The first-order valence-electron chi connectivity index (χ1n) is 41.9. The van der Waals surface area contributed by atoms with E-state index >= 15 is 0 Å². The standard InChI is InChI=1S/C32H40N6O6.C27H31N5O4.C26H29N5O3.C6H12O/c1-3-9-29(41)34-18-21-43-19-16-24(39)11-8-15-30(42)37-22-23-10-4-5-12-25(23)32-31(26-13-6-7-14-27(26)37)35-36-38(32)44-20-17-28(40)33-2;1-3-9-20(33)11-8-15-25(35)31-18-19-10-4-5-12-21(19)27-26(22-13-6-7-14-23(22)31)29-30-32(27)36-17-16-24(34)28-2;1-3-9-19(32)11-8-15-24(34)30-16-18-10-4-5-12-20(18)26-25(21-13-6-7-14-22(21)30)28-29-31(26)17-23(33)27-2;1-3-5-6(7)4-2/h4-7,10,12-14H,3,8-9,11,15-22H2,1-2H3,(H,33,40)(H,34,41);4-7,10,12-14H,3,8-9,11,15-18H2,1-2H3,(H,28,34);4-7,10,12-14H,3,8-9,11,15-17H2,1-2H3,(H,27,33);3-5H2,1-2H3. The maximum atomic E-state index is 13.7. The van der Waals surface area contributed by atoms with Gasteiger partial charge in [0.15, 0.2) is 0 Å². The van der Waals surface area contributed by atoms with Crippen LogP contribution in [0.2, 0.25) is 0 Å². The van der Waals surface area contributed by atoms with Crippen molar-refractivity contribution in [1.82, 2.24) is 66.6 Å². The second-order valence-electron chi connectivity index (χ2n) is 29.2. The van der Waals surface area contributed by atoms with Crippen LogP contribution in [0.15, 0.2) is 146 Å². The molecule has 30 heteroatoms. The van der Waals surface area contributed by atoms with E-state index in [0.717, 1.165) is 99.2 Å². The minimum atomic E-state index is -0.171. The third kappa shape index (κ3) is 25.7. The molecule has 0 radical (unpaired) electrons. The van der Waals surface area contributed by atoms with E-state index in [0.29, 0.717) is 137 Å². The fraction of sp³-hybridized carbons (Fsp3) is 0.418. The van der Waals surface area contributed by atoms with Gasteiger partial charge in [0.05, 0.1) is 68.4 Å². The summed E-state index contributed by atoms with van der Waals surface area (Å²) in [6.45, 7) is 12.2. The zero-order valence-corrected chi connectivity index (χ0v) is 70.7. The number of carbonyl (C=O) groups excluding carboxylic acids is 11. The number of hydrogen-bond donors (Lipinski definition) is 4. The Kier molecular flexibility index (Phi) is 36.4. The summed E-state index contributed by atoms with van der Waals surface area (Å²) in [4.78, 5) is 154. The van der Waals surface area contributed by atoms with Gasteiger partial charge in [-0.25, -0.2) is 4.68 Å². The van der Waals surface area contributed by atoms with E-state index in [4.69, 9.17) is 14.4 Å². The lowest BCUT2D eigenvalue weighted by Crippen LogP contribution is -2.32. The Balaban J connectivity index is 0.000000200. The van der Waals surface area contributed by atoms with Gasteiger partial charge >= 0.3 is 0 Å². The second-order valence-corrected chi connectivity index (χ2v) is 29.2. The second kappa shape index (κ2) is 47.8. The summed E-state index contributed by atoms with van der Waals surface area (Å²) in [6, 6.07) is 46.0. The molecule has 0 aliphatic carbocycles. The van der Waals surface area contributed by atoms with E-state index in [2.05, 4.69) is 52.2 Å². The fourth-order valence-electron chi connectivity index (χ4n) is 14.1. The molecule has 0 bridgehead atoms. The van der Waals surface area contributed by atoms with E-state index < -0.39 is 0 Å². The number of rotatable bonds is 37. The summed E-state index contributed by atoms with van der Waals surface area (Å²) in [7, 11) is 4.74. The zero-order valence-electron chi connectivity index (χ0n) is 70.7. The SMILES string of the molecule is CCCC(=O)CC.CCCC(=O)CCCC(=O)N1Cc2ccccc2-c2c(nnn2CC(=O)NC)-c2ccccc21.CCCC(=O)CCCC(=O)N1Cc2ccccc2-c2c(nnn2OCCC(=O)NC)-c2ccccc21.CCCC(=O)NCCOCCC(=O)CCCC(=O)N1Cc2ccccc2-c2c(nnn2OCCC(=O)NC)-c2ccccc21. The lowest BCUT2D eigenvalue weighted by Gasteiger charge is -2.28. The molecular weight excluding hydrogens is 1540 g/mol. The van der Waals surface area contributed by atoms with Crippen molar-refractivity contribution >= 4 is 81.5 Å². The number of ketones is 4. The molecule has 0 spiro atoms. The van der Waals surface area contributed by atoms with Gasteiger partial charge in [-0.05, 0) is 90.3 Å². The van der Waals surface area contributed by atoms with E-state index in [1.807, 2.05) is 180 Å². The maximum Gasteiger partial charge on any atom is 0.241 e. The predicted molar refractivity (Wildman–Crippen MR) is 461 cm³/mol. The Morgan fingerprint density at radius 1 is 0.339 bits per heavy atom. The number of fused-ring (bicyclic) bond motifs is 15. The number of benzene rings is 6. The normalized spacial score (nSPS) is 11.8. The number of aromatic nitrogens is 9. The summed E-state index contributed by atoms with van der Waals surface area (Å²) in [5.41, 5.74) is 13.6. The lowest BCUT2D eigenvalue weighted by molar-refractivity contribution is -0.123. The molecule has 6 heterocycles. The van der Waals surface area contributed by atoms with Gasteiger partial charge in [-0.2, -0.15) is 0 Å². The number of likely N-dealkylation sites (N-methyl/N-ethyl adjacent to an activating group) is 1. The molecule has 7 amide bonds. The molecule has 9 aromatic rings. The third-order valence-corrected chi connectivity index (χ3v) is 20.4. The summed E-state index contributed by atoms with van der Waals surface area (Å²) in [5, 5.41) is 36.6. The molecule has 3 aliphatic heterocycles. The molecule has 121 heavy (non-hydrogen) atoms. The molecule has 4 N–H and O–H groups in total. The molecule has 3 aromatic heterocycles. The molecule has 640 valence electrons. The zero-order chi connectivity index (χ0) is 86.6. The number of nitrogens with zero attached hydrogens (tertiary/aromatic N) is 12. The van der Waals surface area contributed by atoms with Gasteiger partial charge < -0.3 is 50.4 Å². The van der Waals surface area contributed by atoms with Crippen molar-refractivity contribution in [2.75, 3.05) is 68.8 Å². The van der Waals surface area contributed by atoms with Crippen LogP contribution < -0.4 is 45.6 Å². The molecular formula is C91H112N16O14. The van der Waals surface area contributed by atoms with Crippen molar-refractivity contribution in [1.29, 1.82) is 0 Å². The Hall–Kier alpha value is -12.7. The molecule has 0 saturated heterocycles. The van der Waals surface area contributed by atoms with Gasteiger partial charge in [0.2, 0.25) is 41.4 Å². The Morgan fingerprint density at radius 2 is 0.686 bits per heavy atom. The number of para-hydroxylation sites is 3. The Bertz CT molecular complexity index is 5050. The van der Waals surface area contributed by atoms with E-state index in [1.54, 1.807) is 40.5 Å². The monoisotopic (exact) mass is 1650 g/mol. The van der Waals surface area contributed by atoms with E-state index in [-0.39, 0.29) is 124 Å². The Morgan fingerprint density at radius 3 is 1.07 bits per heavy atom. The topological polar surface area (TPSA) is 365 Å². The van der Waals surface area contributed by atoms with Crippen molar-refractivity contribution in [3.05, 3.63) is 162 Å². The van der Waals surface area contributed by atoms with Crippen LogP contribution in [-0.2, 0) is 83.7 Å². The highest BCUT2D eigenvalue weighted by Gasteiger charge is 2.34. The predicted octanol–water partition coefficient (Wildman–Crippen LogP) is 12.2. The van der Waals surface area contributed by atoms with Crippen molar-refractivity contribution < 1.29 is 67.2 Å². The molecule has 12 rings (SSSR count). The fourth-order valence-corrected chi connectivity index (χ4v) is 14.1. The highest BCUT2D eigenvalue weighted by Crippen LogP contribution is 2.45. The highest BCUT2D eigenvalue weighted by atomic mass is 16.7. The number of ether oxygens (including phenoxy) is 1. The smallest absolute Gasteiger partial charge is 0.241 e. The number of anilines is 3. The summed E-state index contributed by atoms with van der Waals surface area (Å²) >= 11 is 0. The van der Waals surface area contributed by atoms with Gasteiger partial charge in [0, 0.05) is 138 Å². The van der Waals surface area contributed by atoms with Crippen molar-refractivity contribution in [2.45, 2.75) is 196 Å². The maximum absolute atomic E-state index is 13.7. The van der Waals surface area contributed by atoms with Gasteiger partial charge in [0.1, 0.15) is 71.4 Å². The first-order chi connectivity index (χ1) is 58.8. The largest absolute Gasteiger partial charge is 0.394 e. The molecule has 30 nitrogen and oxygen atoms in total. The average Bonchev–Trinajstić information content (AvgIpc) is 1.69. The summed E-state index contributed by atoms with van der Waals surface area (Å²) < 4.78 is 7.08. The van der Waals surface area contributed by atoms with Gasteiger partial charge in [-0.3, -0.25) is 52.7 Å². The van der Waals surface area contributed by atoms with Crippen LogP contribution in [0.4, 0.5) is 17.1 Å². The number of hydrogen-bond acceptors (Lipinski definition) is 20. The van der Waals surface area contributed by atoms with Crippen LogP contribution in [0, 0.1) is 0 Å². The number of carbonyl (C=O) groups is 11. The first kappa shape index (κ1) is 92.2. The quantitative estimate of drug-likeness (QED) is 0.0263. The van der Waals surface area contributed by atoms with Crippen LogP contribution in [0.25, 0.3) is 67.5 Å². The minimum absolute atomic E-state index is 0.00159. The molecule has 0 fully saturated rings. The first-order valence-corrected chi connectivity index (χ1v) is 41.9. The number of nitrogens with one attached hydrogen (secondary N) is 4. The third-order valence-electron chi connectivity index (χ3n) is 20.4. The van der Waals surface area contributed by atoms with E-state index in [9.17, 15) is 52.7 Å². The Labute approximate surface area is 706 Å². The minimum Gasteiger partial charge on any atom is -0.394 e. The van der Waals surface area contributed by atoms with Crippen LogP contribution in [0.1, 0.15) is 186 Å². The molecule has 3 aliphatic rings. The van der Waals surface area contributed by atoms with E-state index in [1.165, 1.54) is 9.69 Å². The molecule has 0 atom stereocenters. The summed E-state index contributed by atoms with van der Waals surface area (Å²) in [6.07, 6.45) is 10.5. The van der Waals surface area contributed by atoms with Crippen molar-refractivity contribution in [3.8, 4) is 67.5 Å². The van der Waals surface area contributed by atoms with Crippen molar-refractivity contribution in [3.63, 3.8) is 0 Å². The lowest BCUT2D eigenvalue weighted by atomic mass is 9.95. The molecule has 6 aromatic carbocycles. The number of amides is 7. The van der Waals surface area contributed by atoms with Crippen molar-refractivity contribution in [2.24, 2.45) is 0 Å². The van der Waals surface area contributed by atoms with Crippen LogP contribution >= 0.6 is 0 Å². The molecule has 0 saturated carbocycles. The summed E-state index contributed by atoms with van der Waals surface area (Å²) in [5.74, 6) is 0.178. The number of Topliss-reactive ketones (excluding diaryl/α,β-unsaturated/α-hetero) is 4. The van der Waals surface area contributed by atoms with Gasteiger partial charge in [0.25, 0.3) is 0 Å². The van der Waals surface area contributed by atoms with Gasteiger partial charge in [-0.1, -0.05) is 177 Å². The molecule has 0 unspecified atom stereocenters. The highest BCUT2D eigenvalue weighted by molar-refractivity contribution is 6.03. The average molecular weight is 1650 g/mol. The van der Waals surface area contributed by atoms with Gasteiger partial charge in [-0.15, -0.1) is 15.3 Å². The van der Waals surface area contributed by atoms with Crippen LogP contribution in [-0.4, -0.2) is 164 Å².